The van der Waals surface area contributed by atoms with Crippen LogP contribution in [-0.4, -0.2) is 19.2 Å². The van der Waals surface area contributed by atoms with Gasteiger partial charge in [-0.2, -0.15) is 0 Å². The van der Waals surface area contributed by atoms with Crippen molar-refractivity contribution in [2.24, 2.45) is 0 Å². The Bertz CT molecular complexity index is 377. The predicted octanol–water partition coefficient (Wildman–Crippen LogP) is 3.58. The monoisotopic (exact) mass is 266 g/mol. The predicted molar refractivity (Wildman–Crippen MR) is 73.9 cm³/mol. The van der Waals surface area contributed by atoms with Crippen LogP contribution >= 0.6 is 0 Å². The maximum absolute atomic E-state index is 11.6. The number of esters is 1. The second-order valence-corrected chi connectivity index (χ2v) is 4.08. The molecule has 0 atom stereocenters. The molecular weight excluding hydrogens is 244 g/mol. The fourth-order valence-electron chi connectivity index (χ4n) is 1.61. The first-order chi connectivity index (χ1) is 9.19. The van der Waals surface area contributed by atoms with Crippen molar-refractivity contribution in [1.29, 1.82) is 0 Å². The Hall–Kier alpha value is -1.71. The quantitative estimate of drug-likeness (QED) is 0.533. The average molecular weight is 266 g/mol. The van der Waals surface area contributed by atoms with Crippen molar-refractivity contribution in [3.8, 4) is 17.2 Å². The van der Waals surface area contributed by atoms with Gasteiger partial charge in [0, 0.05) is 24.6 Å². The van der Waals surface area contributed by atoms with Gasteiger partial charge in [0.05, 0.1) is 13.2 Å². The Morgan fingerprint density at radius 1 is 0.947 bits per heavy atom. The van der Waals surface area contributed by atoms with Crippen LogP contribution in [0.2, 0.25) is 0 Å². The molecule has 0 aliphatic heterocycles. The summed E-state index contributed by atoms with van der Waals surface area (Å²) in [6, 6.07) is 5.20. The van der Waals surface area contributed by atoms with Crippen molar-refractivity contribution in [3.63, 3.8) is 0 Å². The third-order valence-corrected chi connectivity index (χ3v) is 2.44. The summed E-state index contributed by atoms with van der Waals surface area (Å²) in [6.07, 6.45) is 2.24. The summed E-state index contributed by atoms with van der Waals surface area (Å²) < 4.78 is 16.1. The van der Waals surface area contributed by atoms with Crippen LogP contribution in [0.15, 0.2) is 18.2 Å². The lowest BCUT2D eigenvalue weighted by molar-refractivity contribution is -0.134. The molecule has 0 saturated heterocycles. The van der Waals surface area contributed by atoms with Crippen LogP contribution in [0.25, 0.3) is 0 Å². The molecule has 0 N–H and O–H groups in total. The first-order valence-electron chi connectivity index (χ1n) is 6.80. The fraction of sp³-hybridized carbons (Fsp3) is 0.533. The minimum absolute atomic E-state index is 0.224. The molecule has 0 saturated carbocycles. The summed E-state index contributed by atoms with van der Waals surface area (Å²) in [5.41, 5.74) is 0. The molecule has 0 aromatic heterocycles. The molecule has 4 nitrogen and oxygen atoms in total. The molecule has 1 aromatic carbocycles. The molecule has 1 aromatic rings. The smallest absolute Gasteiger partial charge is 0.311 e. The molecular formula is C15H22O4. The summed E-state index contributed by atoms with van der Waals surface area (Å²) in [7, 11) is 0. The third-order valence-electron chi connectivity index (χ3n) is 2.44. The molecule has 19 heavy (non-hydrogen) atoms. The van der Waals surface area contributed by atoms with Crippen molar-refractivity contribution in [2.75, 3.05) is 13.2 Å². The number of benzene rings is 1. The third kappa shape index (κ3) is 5.64. The van der Waals surface area contributed by atoms with Crippen molar-refractivity contribution < 1.29 is 19.0 Å². The van der Waals surface area contributed by atoms with Gasteiger partial charge >= 0.3 is 5.97 Å². The summed E-state index contributed by atoms with van der Waals surface area (Å²) in [6.45, 7) is 6.95. The summed E-state index contributed by atoms with van der Waals surface area (Å²) in [4.78, 5) is 11.6. The van der Waals surface area contributed by atoms with Gasteiger partial charge in [0.1, 0.15) is 17.2 Å². The van der Waals surface area contributed by atoms with Crippen molar-refractivity contribution in [1.82, 2.24) is 0 Å². The molecule has 1 rings (SSSR count). The van der Waals surface area contributed by atoms with Gasteiger partial charge in [-0.15, -0.1) is 0 Å². The molecule has 0 amide bonds. The van der Waals surface area contributed by atoms with E-state index in [0.717, 1.165) is 12.8 Å². The van der Waals surface area contributed by atoms with Crippen LogP contribution in [-0.2, 0) is 4.79 Å². The highest BCUT2D eigenvalue weighted by molar-refractivity contribution is 5.72. The number of carbonyl (C=O) groups excluding carboxylic acids is 1. The molecule has 0 spiro atoms. The fourth-order valence-corrected chi connectivity index (χ4v) is 1.61. The lowest BCUT2D eigenvalue weighted by Crippen LogP contribution is -2.07. The number of rotatable bonds is 8. The Morgan fingerprint density at radius 3 is 1.95 bits per heavy atom. The molecule has 0 radical (unpaired) electrons. The minimum Gasteiger partial charge on any atom is -0.494 e. The molecule has 4 heteroatoms. The Labute approximate surface area is 114 Å². The van der Waals surface area contributed by atoms with E-state index in [9.17, 15) is 4.79 Å². The highest BCUT2D eigenvalue weighted by atomic mass is 16.5. The first kappa shape index (κ1) is 15.3. The minimum atomic E-state index is -0.224. The molecule has 0 fully saturated rings. The van der Waals surface area contributed by atoms with E-state index in [2.05, 4.69) is 0 Å². The second-order valence-electron chi connectivity index (χ2n) is 4.08. The van der Waals surface area contributed by atoms with Gasteiger partial charge < -0.3 is 14.2 Å². The van der Waals surface area contributed by atoms with E-state index in [1.165, 1.54) is 0 Å². The number of ether oxygens (including phenoxy) is 3. The zero-order chi connectivity index (χ0) is 14.1. The highest BCUT2D eigenvalue weighted by Crippen LogP contribution is 2.28. The molecule has 0 aliphatic rings. The molecule has 0 bridgehead atoms. The van der Waals surface area contributed by atoms with E-state index < -0.39 is 0 Å². The lowest BCUT2D eigenvalue weighted by Gasteiger charge is -2.10. The van der Waals surface area contributed by atoms with Gasteiger partial charge in [-0.1, -0.05) is 13.3 Å². The van der Waals surface area contributed by atoms with Gasteiger partial charge in [-0.3, -0.25) is 4.79 Å². The highest BCUT2D eigenvalue weighted by Gasteiger charge is 2.08. The van der Waals surface area contributed by atoms with Crippen LogP contribution in [0.4, 0.5) is 0 Å². The Kier molecular flexibility index (Phi) is 6.79. The number of hydrogen-bond acceptors (Lipinski definition) is 4. The van der Waals surface area contributed by atoms with Crippen LogP contribution in [0.5, 0.6) is 17.2 Å². The van der Waals surface area contributed by atoms with E-state index >= 15 is 0 Å². The van der Waals surface area contributed by atoms with Crippen molar-refractivity contribution in [2.45, 2.75) is 40.0 Å². The van der Waals surface area contributed by atoms with Gasteiger partial charge in [0.25, 0.3) is 0 Å². The van der Waals surface area contributed by atoms with Crippen LogP contribution in [0.1, 0.15) is 40.0 Å². The van der Waals surface area contributed by atoms with Crippen molar-refractivity contribution in [3.05, 3.63) is 18.2 Å². The Morgan fingerprint density at radius 2 is 1.47 bits per heavy atom. The summed E-state index contributed by atoms with van der Waals surface area (Å²) in [5, 5.41) is 0. The number of carbonyl (C=O) groups is 1. The second kappa shape index (κ2) is 8.40. The summed E-state index contributed by atoms with van der Waals surface area (Å²) >= 11 is 0. The van der Waals surface area contributed by atoms with Gasteiger partial charge in [-0.05, 0) is 20.3 Å². The van der Waals surface area contributed by atoms with Crippen LogP contribution in [0, 0.1) is 0 Å². The largest absolute Gasteiger partial charge is 0.494 e. The van der Waals surface area contributed by atoms with E-state index in [1.807, 2.05) is 20.8 Å². The average Bonchev–Trinajstić information content (AvgIpc) is 2.37. The normalized spacial score (nSPS) is 10.1. The Balaban J connectivity index is 2.77. The first-order valence-corrected chi connectivity index (χ1v) is 6.80. The zero-order valence-corrected chi connectivity index (χ0v) is 11.9. The molecule has 0 heterocycles. The van der Waals surface area contributed by atoms with Gasteiger partial charge in [0.2, 0.25) is 0 Å². The lowest BCUT2D eigenvalue weighted by atomic mass is 10.2. The standard InChI is InChI=1S/C15H22O4/c1-4-7-8-15(16)19-14-10-12(17-5-2)9-13(11-14)18-6-3/h9-11H,4-8H2,1-3H3. The number of unbranched alkanes of at least 4 members (excludes halogenated alkanes) is 1. The summed E-state index contributed by atoms with van der Waals surface area (Å²) in [5.74, 6) is 1.53. The zero-order valence-electron chi connectivity index (χ0n) is 11.9. The maximum atomic E-state index is 11.6. The van der Waals surface area contributed by atoms with E-state index in [1.54, 1.807) is 18.2 Å². The van der Waals surface area contributed by atoms with E-state index in [0.29, 0.717) is 36.9 Å². The van der Waals surface area contributed by atoms with Crippen LogP contribution < -0.4 is 14.2 Å². The van der Waals surface area contributed by atoms with Gasteiger partial charge in [0.15, 0.2) is 0 Å². The topological polar surface area (TPSA) is 44.8 Å². The SMILES string of the molecule is CCCCC(=O)Oc1cc(OCC)cc(OCC)c1. The maximum Gasteiger partial charge on any atom is 0.311 e. The molecule has 0 unspecified atom stereocenters. The van der Waals surface area contributed by atoms with E-state index in [-0.39, 0.29) is 5.97 Å². The molecule has 0 aliphatic carbocycles. The number of hydrogen-bond donors (Lipinski definition) is 0. The van der Waals surface area contributed by atoms with Gasteiger partial charge in [-0.25, -0.2) is 0 Å². The van der Waals surface area contributed by atoms with Crippen LogP contribution in [0.3, 0.4) is 0 Å². The van der Waals surface area contributed by atoms with E-state index in [4.69, 9.17) is 14.2 Å². The van der Waals surface area contributed by atoms with Crippen molar-refractivity contribution >= 4 is 5.97 Å². The molecule has 106 valence electrons.